The third-order valence-corrected chi connectivity index (χ3v) is 2.91. The second-order valence-corrected chi connectivity index (χ2v) is 4.51. The zero-order chi connectivity index (χ0) is 13.7. The van der Waals surface area contributed by atoms with Crippen LogP contribution in [0.1, 0.15) is 42.6 Å². The summed E-state index contributed by atoms with van der Waals surface area (Å²) < 4.78 is 0. The number of nitrogens with one attached hydrogen (secondary N) is 1. The molecule has 0 bridgehead atoms. The SMILES string of the molecule is CCC[C@H](C)C(=O)Nc1cc(C(=O)O)ccc1C. The first-order valence-electron chi connectivity index (χ1n) is 6.10. The van der Waals surface area contributed by atoms with E-state index in [1.54, 1.807) is 6.07 Å². The summed E-state index contributed by atoms with van der Waals surface area (Å²) in [4.78, 5) is 22.8. The first-order valence-corrected chi connectivity index (χ1v) is 6.10. The molecule has 0 saturated carbocycles. The van der Waals surface area contributed by atoms with Crippen molar-refractivity contribution in [2.45, 2.75) is 33.6 Å². The van der Waals surface area contributed by atoms with E-state index in [1.165, 1.54) is 12.1 Å². The maximum Gasteiger partial charge on any atom is 0.335 e. The number of hydrogen-bond donors (Lipinski definition) is 2. The van der Waals surface area contributed by atoms with Crippen molar-refractivity contribution in [3.05, 3.63) is 29.3 Å². The summed E-state index contributed by atoms with van der Waals surface area (Å²) in [5, 5.41) is 11.7. The van der Waals surface area contributed by atoms with Gasteiger partial charge in [0.15, 0.2) is 0 Å². The van der Waals surface area contributed by atoms with Gasteiger partial charge in [-0.1, -0.05) is 26.3 Å². The molecule has 0 aliphatic heterocycles. The predicted molar refractivity (Wildman–Crippen MR) is 70.8 cm³/mol. The first-order chi connectivity index (χ1) is 8.45. The van der Waals surface area contributed by atoms with Crippen LogP contribution in [0.5, 0.6) is 0 Å². The normalized spacial score (nSPS) is 11.9. The van der Waals surface area contributed by atoms with Crippen molar-refractivity contribution in [1.29, 1.82) is 0 Å². The molecule has 2 N–H and O–H groups in total. The van der Waals surface area contributed by atoms with Gasteiger partial charge in [-0.05, 0) is 31.0 Å². The Morgan fingerprint density at radius 1 is 1.39 bits per heavy atom. The molecule has 4 heteroatoms. The minimum absolute atomic E-state index is 0.0668. The van der Waals surface area contributed by atoms with Gasteiger partial charge in [0, 0.05) is 11.6 Å². The largest absolute Gasteiger partial charge is 0.478 e. The van der Waals surface area contributed by atoms with Crippen LogP contribution in [0.15, 0.2) is 18.2 Å². The Balaban J connectivity index is 2.86. The predicted octanol–water partition coefficient (Wildman–Crippen LogP) is 3.07. The summed E-state index contributed by atoms with van der Waals surface area (Å²) >= 11 is 0. The molecular formula is C14H19NO3. The third-order valence-electron chi connectivity index (χ3n) is 2.91. The van der Waals surface area contributed by atoms with Crippen molar-refractivity contribution < 1.29 is 14.7 Å². The molecule has 1 atom stereocenters. The molecule has 1 aromatic rings. The summed E-state index contributed by atoms with van der Waals surface area (Å²) in [5.74, 6) is -1.13. The van der Waals surface area contributed by atoms with Gasteiger partial charge < -0.3 is 10.4 Å². The van der Waals surface area contributed by atoms with Crippen molar-refractivity contribution in [3.8, 4) is 0 Å². The molecule has 0 spiro atoms. The third kappa shape index (κ3) is 3.58. The van der Waals surface area contributed by atoms with Crippen LogP contribution in [0.4, 0.5) is 5.69 Å². The lowest BCUT2D eigenvalue weighted by Crippen LogP contribution is -2.21. The van der Waals surface area contributed by atoms with Crippen molar-refractivity contribution in [2.75, 3.05) is 5.32 Å². The molecule has 1 aromatic carbocycles. The lowest BCUT2D eigenvalue weighted by molar-refractivity contribution is -0.119. The van der Waals surface area contributed by atoms with Crippen LogP contribution in [0.3, 0.4) is 0 Å². The maximum atomic E-state index is 11.9. The highest BCUT2D eigenvalue weighted by molar-refractivity contribution is 5.95. The number of carboxylic acids is 1. The van der Waals surface area contributed by atoms with E-state index in [9.17, 15) is 9.59 Å². The number of aryl methyl sites for hydroxylation is 1. The highest BCUT2D eigenvalue weighted by Crippen LogP contribution is 2.18. The van der Waals surface area contributed by atoms with Crippen LogP contribution < -0.4 is 5.32 Å². The number of amides is 1. The van der Waals surface area contributed by atoms with Crippen LogP contribution in [0, 0.1) is 12.8 Å². The molecule has 4 nitrogen and oxygen atoms in total. The Kier molecular flexibility index (Phi) is 4.89. The van der Waals surface area contributed by atoms with E-state index in [0.717, 1.165) is 18.4 Å². The summed E-state index contributed by atoms with van der Waals surface area (Å²) in [6.45, 7) is 5.74. The molecule has 0 aliphatic rings. The van der Waals surface area contributed by atoms with E-state index in [4.69, 9.17) is 5.11 Å². The molecule has 0 aromatic heterocycles. The Bertz CT molecular complexity index is 454. The van der Waals surface area contributed by atoms with Crippen molar-refractivity contribution in [1.82, 2.24) is 0 Å². The number of benzene rings is 1. The van der Waals surface area contributed by atoms with E-state index in [2.05, 4.69) is 5.32 Å². The highest BCUT2D eigenvalue weighted by Gasteiger charge is 2.14. The fraction of sp³-hybridized carbons (Fsp3) is 0.429. The summed E-state index contributed by atoms with van der Waals surface area (Å²) in [5.41, 5.74) is 1.61. The monoisotopic (exact) mass is 249 g/mol. The number of rotatable bonds is 5. The van der Waals surface area contributed by atoms with E-state index >= 15 is 0 Å². The summed E-state index contributed by atoms with van der Waals surface area (Å²) in [7, 11) is 0. The molecule has 0 heterocycles. The van der Waals surface area contributed by atoms with Gasteiger partial charge in [-0.3, -0.25) is 4.79 Å². The van der Waals surface area contributed by atoms with E-state index in [-0.39, 0.29) is 17.4 Å². The second kappa shape index (κ2) is 6.19. The van der Waals surface area contributed by atoms with Gasteiger partial charge in [-0.15, -0.1) is 0 Å². The van der Waals surface area contributed by atoms with Gasteiger partial charge in [0.2, 0.25) is 5.91 Å². The van der Waals surface area contributed by atoms with Crippen molar-refractivity contribution >= 4 is 17.6 Å². The molecule has 0 saturated heterocycles. The van der Waals surface area contributed by atoms with Gasteiger partial charge in [0.25, 0.3) is 0 Å². The van der Waals surface area contributed by atoms with E-state index < -0.39 is 5.97 Å². The molecule has 0 aliphatic carbocycles. The van der Waals surface area contributed by atoms with Crippen LogP contribution in [-0.2, 0) is 4.79 Å². The second-order valence-electron chi connectivity index (χ2n) is 4.51. The number of carbonyl (C=O) groups is 2. The highest BCUT2D eigenvalue weighted by atomic mass is 16.4. The van der Waals surface area contributed by atoms with Crippen LogP contribution in [0.25, 0.3) is 0 Å². The zero-order valence-corrected chi connectivity index (χ0v) is 11.0. The molecule has 0 unspecified atom stereocenters. The van der Waals surface area contributed by atoms with E-state index in [0.29, 0.717) is 5.69 Å². The first kappa shape index (κ1) is 14.2. The van der Waals surface area contributed by atoms with Gasteiger partial charge in [-0.2, -0.15) is 0 Å². The minimum atomic E-state index is -0.993. The molecule has 98 valence electrons. The number of carboxylic acid groups (broad SMARTS) is 1. The Morgan fingerprint density at radius 2 is 2.06 bits per heavy atom. The van der Waals surface area contributed by atoms with Gasteiger partial charge in [-0.25, -0.2) is 4.79 Å². The Morgan fingerprint density at radius 3 is 2.61 bits per heavy atom. The quantitative estimate of drug-likeness (QED) is 0.842. The lowest BCUT2D eigenvalue weighted by Gasteiger charge is -2.13. The van der Waals surface area contributed by atoms with Gasteiger partial charge >= 0.3 is 5.97 Å². The van der Waals surface area contributed by atoms with Crippen LogP contribution in [0.2, 0.25) is 0 Å². The molecule has 0 radical (unpaired) electrons. The fourth-order valence-electron chi connectivity index (χ4n) is 1.71. The molecule has 0 fully saturated rings. The van der Waals surface area contributed by atoms with E-state index in [1.807, 2.05) is 20.8 Å². The fourth-order valence-corrected chi connectivity index (χ4v) is 1.71. The smallest absolute Gasteiger partial charge is 0.335 e. The number of hydrogen-bond acceptors (Lipinski definition) is 2. The molecule has 1 amide bonds. The van der Waals surface area contributed by atoms with Crippen LogP contribution >= 0.6 is 0 Å². The molecular weight excluding hydrogens is 230 g/mol. The molecule has 18 heavy (non-hydrogen) atoms. The van der Waals surface area contributed by atoms with Gasteiger partial charge in [0.1, 0.15) is 0 Å². The van der Waals surface area contributed by atoms with Crippen LogP contribution in [-0.4, -0.2) is 17.0 Å². The summed E-state index contributed by atoms with van der Waals surface area (Å²) in [6, 6.07) is 4.72. The Hall–Kier alpha value is -1.84. The van der Waals surface area contributed by atoms with Gasteiger partial charge in [0.05, 0.1) is 5.56 Å². The lowest BCUT2D eigenvalue weighted by atomic mass is 10.0. The zero-order valence-electron chi connectivity index (χ0n) is 11.0. The summed E-state index contributed by atoms with van der Waals surface area (Å²) in [6.07, 6.45) is 1.77. The average Bonchev–Trinajstić information content (AvgIpc) is 2.31. The maximum absolute atomic E-state index is 11.9. The minimum Gasteiger partial charge on any atom is -0.478 e. The van der Waals surface area contributed by atoms with Crippen molar-refractivity contribution in [3.63, 3.8) is 0 Å². The topological polar surface area (TPSA) is 66.4 Å². The molecule has 1 rings (SSSR count). The number of carbonyl (C=O) groups excluding carboxylic acids is 1. The standard InChI is InChI=1S/C14H19NO3/c1-4-5-10(3)13(16)15-12-8-11(14(17)18)7-6-9(12)2/h6-8,10H,4-5H2,1-3H3,(H,15,16)(H,17,18)/t10-/m0/s1. The Labute approximate surface area is 107 Å². The number of aromatic carboxylic acids is 1. The van der Waals surface area contributed by atoms with Crippen molar-refractivity contribution in [2.24, 2.45) is 5.92 Å². The number of anilines is 1. The average molecular weight is 249 g/mol.